The molecule has 0 aliphatic heterocycles. The number of aryl methyl sites for hydroxylation is 1. The summed E-state index contributed by atoms with van der Waals surface area (Å²) < 4.78 is 0. The first-order valence-electron chi connectivity index (χ1n) is 5.85. The zero-order chi connectivity index (χ0) is 12.0. The zero-order valence-corrected chi connectivity index (χ0v) is 11.4. The molecule has 0 fully saturated rings. The first-order chi connectivity index (χ1) is 7.69. The van der Waals surface area contributed by atoms with Gasteiger partial charge in [-0.25, -0.2) is 0 Å². The van der Waals surface area contributed by atoms with Crippen LogP contribution in [-0.4, -0.2) is 12.6 Å². The summed E-state index contributed by atoms with van der Waals surface area (Å²) in [6.07, 6.45) is 3.22. The van der Waals surface area contributed by atoms with Crippen LogP contribution in [0, 0.1) is 0 Å². The summed E-state index contributed by atoms with van der Waals surface area (Å²) in [6.45, 7) is 5.35. The van der Waals surface area contributed by atoms with Gasteiger partial charge in [0.1, 0.15) is 0 Å². The summed E-state index contributed by atoms with van der Waals surface area (Å²) in [5.41, 5.74) is 1.14. The molecule has 0 bridgehead atoms. The molecule has 16 heavy (non-hydrogen) atoms. The van der Waals surface area contributed by atoms with E-state index in [9.17, 15) is 0 Å². The van der Waals surface area contributed by atoms with Crippen LogP contribution in [0.4, 0.5) is 0 Å². The van der Waals surface area contributed by atoms with Crippen molar-refractivity contribution in [3.8, 4) is 0 Å². The Morgan fingerprint density at radius 3 is 2.62 bits per heavy atom. The molecular formula is C13H19Cl2N. The molecule has 0 heterocycles. The summed E-state index contributed by atoms with van der Waals surface area (Å²) in [5.74, 6) is 0. The summed E-state index contributed by atoms with van der Waals surface area (Å²) in [6, 6.07) is 6.40. The van der Waals surface area contributed by atoms with E-state index < -0.39 is 0 Å². The monoisotopic (exact) mass is 259 g/mol. The molecule has 0 aliphatic rings. The second-order valence-electron chi connectivity index (χ2n) is 3.91. The molecule has 0 saturated heterocycles. The van der Waals surface area contributed by atoms with Gasteiger partial charge in [-0.2, -0.15) is 0 Å². The van der Waals surface area contributed by atoms with Crippen molar-refractivity contribution in [3.05, 3.63) is 33.8 Å². The first kappa shape index (κ1) is 13.8. The topological polar surface area (TPSA) is 12.0 Å². The van der Waals surface area contributed by atoms with Crippen molar-refractivity contribution in [2.45, 2.75) is 39.2 Å². The molecule has 0 aliphatic carbocycles. The number of nitrogens with one attached hydrogen (secondary N) is 1. The Hall–Kier alpha value is -0.240. The minimum Gasteiger partial charge on any atom is -0.314 e. The summed E-state index contributed by atoms with van der Waals surface area (Å²) in [7, 11) is 0. The lowest BCUT2D eigenvalue weighted by Crippen LogP contribution is -2.28. The van der Waals surface area contributed by atoms with E-state index in [1.165, 1.54) is 0 Å². The third kappa shape index (κ3) is 3.97. The Morgan fingerprint density at radius 1 is 1.25 bits per heavy atom. The van der Waals surface area contributed by atoms with Gasteiger partial charge in [0, 0.05) is 6.04 Å². The van der Waals surface area contributed by atoms with Crippen molar-refractivity contribution in [2.24, 2.45) is 0 Å². The number of rotatable bonds is 6. The Morgan fingerprint density at radius 2 is 2.00 bits per heavy atom. The molecule has 1 aromatic carbocycles. The van der Waals surface area contributed by atoms with Crippen LogP contribution in [0.3, 0.4) is 0 Å². The molecule has 1 nitrogen and oxygen atoms in total. The Labute approximate surface area is 108 Å². The Balaban J connectivity index is 2.56. The minimum absolute atomic E-state index is 0.569. The number of benzene rings is 1. The van der Waals surface area contributed by atoms with E-state index in [1.807, 2.05) is 18.2 Å². The Kier molecular flexibility index (Phi) is 6.18. The molecule has 0 saturated carbocycles. The van der Waals surface area contributed by atoms with E-state index >= 15 is 0 Å². The van der Waals surface area contributed by atoms with Gasteiger partial charge in [0.25, 0.3) is 0 Å². The smallest absolute Gasteiger partial charge is 0.0624 e. The van der Waals surface area contributed by atoms with Crippen molar-refractivity contribution >= 4 is 23.2 Å². The molecule has 0 spiro atoms. The summed E-state index contributed by atoms with van der Waals surface area (Å²) in [4.78, 5) is 0. The third-order valence-electron chi connectivity index (χ3n) is 2.78. The maximum atomic E-state index is 6.14. The van der Waals surface area contributed by atoms with E-state index in [1.54, 1.807) is 0 Å². The normalized spacial score (nSPS) is 12.8. The molecule has 1 aromatic rings. The van der Waals surface area contributed by atoms with E-state index in [0.29, 0.717) is 16.1 Å². The van der Waals surface area contributed by atoms with Crippen LogP contribution in [0.5, 0.6) is 0 Å². The maximum absolute atomic E-state index is 6.14. The molecule has 1 N–H and O–H groups in total. The molecule has 3 heteroatoms. The van der Waals surface area contributed by atoms with Gasteiger partial charge in [0.15, 0.2) is 0 Å². The third-order valence-corrected chi connectivity index (χ3v) is 3.64. The lowest BCUT2D eigenvalue weighted by molar-refractivity contribution is 0.481. The number of hydrogen-bond donors (Lipinski definition) is 1. The van der Waals surface area contributed by atoms with Crippen LogP contribution in [0.2, 0.25) is 10.0 Å². The van der Waals surface area contributed by atoms with E-state index in [2.05, 4.69) is 19.2 Å². The van der Waals surface area contributed by atoms with Crippen molar-refractivity contribution in [1.29, 1.82) is 0 Å². The maximum Gasteiger partial charge on any atom is 0.0624 e. The highest BCUT2D eigenvalue weighted by atomic mass is 35.5. The van der Waals surface area contributed by atoms with Crippen LogP contribution in [0.25, 0.3) is 0 Å². The van der Waals surface area contributed by atoms with E-state index in [-0.39, 0.29) is 0 Å². The highest BCUT2D eigenvalue weighted by Gasteiger charge is 2.08. The van der Waals surface area contributed by atoms with Gasteiger partial charge >= 0.3 is 0 Å². The molecule has 90 valence electrons. The highest BCUT2D eigenvalue weighted by Crippen LogP contribution is 2.26. The van der Waals surface area contributed by atoms with Gasteiger partial charge in [0.2, 0.25) is 0 Å². The first-order valence-corrected chi connectivity index (χ1v) is 6.60. The summed E-state index contributed by atoms with van der Waals surface area (Å²) in [5, 5.41) is 4.81. The molecule has 1 atom stereocenters. The second-order valence-corrected chi connectivity index (χ2v) is 4.70. The lowest BCUT2D eigenvalue weighted by Gasteiger charge is -2.16. The largest absolute Gasteiger partial charge is 0.314 e. The molecule has 1 rings (SSSR count). The quantitative estimate of drug-likeness (QED) is 0.803. The standard InChI is InChI=1S/C13H19Cl2N/c1-3-11(16-4-2)9-8-10-6-5-7-12(14)13(10)15/h5-7,11,16H,3-4,8-9H2,1-2H3. The number of hydrogen-bond acceptors (Lipinski definition) is 1. The fourth-order valence-corrected chi connectivity index (χ4v) is 2.23. The van der Waals surface area contributed by atoms with Crippen LogP contribution in [0.1, 0.15) is 32.3 Å². The van der Waals surface area contributed by atoms with E-state index in [0.717, 1.165) is 31.4 Å². The van der Waals surface area contributed by atoms with Crippen molar-refractivity contribution in [1.82, 2.24) is 5.32 Å². The average Bonchev–Trinajstić information content (AvgIpc) is 2.29. The highest BCUT2D eigenvalue weighted by molar-refractivity contribution is 6.42. The number of halogens is 2. The van der Waals surface area contributed by atoms with E-state index in [4.69, 9.17) is 23.2 Å². The molecule has 0 aromatic heterocycles. The van der Waals surface area contributed by atoms with Gasteiger partial charge in [-0.15, -0.1) is 0 Å². The fourth-order valence-electron chi connectivity index (χ4n) is 1.81. The van der Waals surface area contributed by atoms with Crippen molar-refractivity contribution in [2.75, 3.05) is 6.54 Å². The van der Waals surface area contributed by atoms with Crippen molar-refractivity contribution in [3.63, 3.8) is 0 Å². The Bertz CT molecular complexity index is 326. The average molecular weight is 260 g/mol. The van der Waals surface area contributed by atoms with Crippen molar-refractivity contribution < 1.29 is 0 Å². The van der Waals surface area contributed by atoms with Gasteiger partial charge in [-0.05, 0) is 37.4 Å². The SMILES string of the molecule is CCNC(CC)CCc1cccc(Cl)c1Cl. The van der Waals surface area contributed by atoms with Crippen LogP contribution in [0.15, 0.2) is 18.2 Å². The summed E-state index contributed by atoms with van der Waals surface area (Å²) >= 11 is 12.1. The van der Waals surface area contributed by atoms with Crippen LogP contribution >= 0.6 is 23.2 Å². The van der Waals surface area contributed by atoms with Crippen LogP contribution < -0.4 is 5.32 Å². The molecule has 1 unspecified atom stereocenters. The second kappa shape index (κ2) is 7.16. The van der Waals surface area contributed by atoms with Gasteiger partial charge in [0.05, 0.1) is 10.0 Å². The zero-order valence-electron chi connectivity index (χ0n) is 9.89. The predicted octanol–water partition coefficient (Wildman–Crippen LogP) is 4.31. The predicted molar refractivity (Wildman–Crippen MR) is 72.5 cm³/mol. The van der Waals surface area contributed by atoms with Gasteiger partial charge < -0.3 is 5.32 Å². The minimum atomic E-state index is 0.569. The van der Waals surface area contributed by atoms with Gasteiger partial charge in [-0.1, -0.05) is 49.2 Å². The molecular weight excluding hydrogens is 241 g/mol. The fraction of sp³-hybridized carbons (Fsp3) is 0.538. The van der Waals surface area contributed by atoms with Crippen LogP contribution in [-0.2, 0) is 6.42 Å². The van der Waals surface area contributed by atoms with Gasteiger partial charge in [-0.3, -0.25) is 0 Å². The molecule has 0 radical (unpaired) electrons. The lowest BCUT2D eigenvalue weighted by atomic mass is 10.0. The molecule has 0 amide bonds.